The lowest BCUT2D eigenvalue weighted by Crippen LogP contribution is -2.40. The van der Waals surface area contributed by atoms with Gasteiger partial charge in [-0.25, -0.2) is 4.79 Å². The molecular formula is C11H22N2O. The Kier molecular flexibility index (Phi) is 3.78. The first kappa shape index (κ1) is 11.3. The van der Waals surface area contributed by atoms with Gasteiger partial charge < -0.3 is 10.2 Å². The number of nitrogens with zero attached hydrogens (tertiary/aromatic N) is 1. The first-order valence-corrected chi connectivity index (χ1v) is 5.58. The molecule has 0 bridgehead atoms. The largest absolute Gasteiger partial charge is 0.338 e. The molecule has 1 heterocycles. The zero-order chi connectivity index (χ0) is 10.6. The number of nitrogens with one attached hydrogen (secondary N) is 1. The molecule has 0 spiro atoms. The fourth-order valence-electron chi connectivity index (χ4n) is 1.89. The van der Waals surface area contributed by atoms with Crippen molar-refractivity contribution in [2.45, 2.75) is 40.0 Å². The Bertz CT molecular complexity index is 201. The van der Waals surface area contributed by atoms with Crippen molar-refractivity contribution in [2.24, 2.45) is 5.41 Å². The average Bonchev–Trinajstić information content (AvgIpc) is 2.27. The number of carbonyl (C=O) groups excluding carboxylic acids is 1. The standard InChI is InChI=1S/C11H22N2O/c1-4-12-10(14)13-8-5-6-11(2,3)7-9-13/h4-9H2,1-3H3,(H,12,14). The molecule has 1 aliphatic rings. The predicted octanol–water partition coefficient (Wildman–Crippen LogP) is 2.23. The third kappa shape index (κ3) is 3.20. The maximum absolute atomic E-state index is 11.6. The van der Waals surface area contributed by atoms with Crippen molar-refractivity contribution in [2.75, 3.05) is 19.6 Å². The van der Waals surface area contributed by atoms with Crippen LogP contribution in [0.25, 0.3) is 0 Å². The molecule has 0 radical (unpaired) electrons. The quantitative estimate of drug-likeness (QED) is 0.688. The Morgan fingerprint density at radius 1 is 1.36 bits per heavy atom. The molecule has 0 unspecified atom stereocenters. The first-order chi connectivity index (χ1) is 6.55. The van der Waals surface area contributed by atoms with Gasteiger partial charge in [-0.05, 0) is 31.6 Å². The molecule has 0 saturated carbocycles. The summed E-state index contributed by atoms with van der Waals surface area (Å²) >= 11 is 0. The highest BCUT2D eigenvalue weighted by molar-refractivity contribution is 5.74. The van der Waals surface area contributed by atoms with E-state index in [4.69, 9.17) is 0 Å². The van der Waals surface area contributed by atoms with Crippen LogP contribution in [-0.2, 0) is 0 Å². The molecule has 0 aromatic rings. The lowest BCUT2D eigenvalue weighted by molar-refractivity contribution is 0.198. The lowest BCUT2D eigenvalue weighted by atomic mass is 9.85. The van der Waals surface area contributed by atoms with Gasteiger partial charge in [0.1, 0.15) is 0 Å². The number of likely N-dealkylation sites (tertiary alicyclic amines) is 1. The fraction of sp³-hybridized carbons (Fsp3) is 0.909. The van der Waals surface area contributed by atoms with Crippen LogP contribution in [0.5, 0.6) is 0 Å². The van der Waals surface area contributed by atoms with Gasteiger partial charge in [0.2, 0.25) is 0 Å². The Morgan fingerprint density at radius 3 is 2.71 bits per heavy atom. The van der Waals surface area contributed by atoms with Crippen molar-refractivity contribution in [1.82, 2.24) is 10.2 Å². The number of carbonyl (C=O) groups is 1. The molecule has 2 amide bonds. The van der Waals surface area contributed by atoms with Crippen molar-refractivity contribution in [3.8, 4) is 0 Å². The van der Waals surface area contributed by atoms with E-state index < -0.39 is 0 Å². The second-order valence-electron chi connectivity index (χ2n) is 4.84. The molecule has 0 aliphatic carbocycles. The highest BCUT2D eigenvalue weighted by atomic mass is 16.2. The summed E-state index contributed by atoms with van der Waals surface area (Å²) in [5.74, 6) is 0. The van der Waals surface area contributed by atoms with E-state index in [0.29, 0.717) is 5.41 Å². The van der Waals surface area contributed by atoms with Gasteiger partial charge in [-0.2, -0.15) is 0 Å². The van der Waals surface area contributed by atoms with Gasteiger partial charge in [-0.15, -0.1) is 0 Å². The van der Waals surface area contributed by atoms with E-state index in [1.165, 1.54) is 6.42 Å². The highest BCUT2D eigenvalue weighted by Gasteiger charge is 2.24. The minimum atomic E-state index is 0.102. The Balaban J connectivity index is 2.45. The number of hydrogen-bond donors (Lipinski definition) is 1. The molecular weight excluding hydrogens is 176 g/mol. The molecule has 3 heteroatoms. The van der Waals surface area contributed by atoms with Gasteiger partial charge in [-0.3, -0.25) is 0 Å². The van der Waals surface area contributed by atoms with Crippen molar-refractivity contribution >= 4 is 6.03 Å². The summed E-state index contributed by atoms with van der Waals surface area (Å²) < 4.78 is 0. The summed E-state index contributed by atoms with van der Waals surface area (Å²) in [4.78, 5) is 13.5. The van der Waals surface area contributed by atoms with Crippen LogP contribution < -0.4 is 5.32 Å². The van der Waals surface area contributed by atoms with Crippen LogP contribution in [0.3, 0.4) is 0 Å². The van der Waals surface area contributed by atoms with Gasteiger partial charge >= 0.3 is 6.03 Å². The number of hydrogen-bond acceptors (Lipinski definition) is 1. The van der Waals surface area contributed by atoms with Gasteiger partial charge in [0.25, 0.3) is 0 Å². The third-order valence-electron chi connectivity index (χ3n) is 2.96. The maximum atomic E-state index is 11.6. The van der Waals surface area contributed by atoms with Crippen LogP contribution in [0.2, 0.25) is 0 Å². The summed E-state index contributed by atoms with van der Waals surface area (Å²) in [7, 11) is 0. The van der Waals surface area contributed by atoms with Gasteiger partial charge in [0, 0.05) is 19.6 Å². The van der Waals surface area contributed by atoms with Crippen LogP contribution in [0.1, 0.15) is 40.0 Å². The van der Waals surface area contributed by atoms with Crippen molar-refractivity contribution in [3.05, 3.63) is 0 Å². The van der Waals surface area contributed by atoms with Gasteiger partial charge in [0.05, 0.1) is 0 Å². The molecule has 14 heavy (non-hydrogen) atoms. The van der Waals surface area contributed by atoms with Crippen LogP contribution >= 0.6 is 0 Å². The van der Waals surface area contributed by atoms with E-state index in [9.17, 15) is 4.79 Å². The summed E-state index contributed by atoms with van der Waals surface area (Å²) in [6, 6.07) is 0.102. The van der Waals surface area contributed by atoms with Crippen molar-refractivity contribution in [3.63, 3.8) is 0 Å². The molecule has 1 rings (SSSR count). The topological polar surface area (TPSA) is 32.3 Å². The summed E-state index contributed by atoms with van der Waals surface area (Å²) in [6.45, 7) is 9.06. The molecule has 1 fully saturated rings. The second-order valence-corrected chi connectivity index (χ2v) is 4.84. The minimum absolute atomic E-state index is 0.102. The van der Waals surface area contributed by atoms with Crippen molar-refractivity contribution in [1.29, 1.82) is 0 Å². The van der Waals surface area contributed by atoms with E-state index in [0.717, 1.165) is 32.5 Å². The van der Waals surface area contributed by atoms with Crippen LogP contribution in [0.4, 0.5) is 4.79 Å². The monoisotopic (exact) mass is 198 g/mol. The Hall–Kier alpha value is -0.730. The van der Waals surface area contributed by atoms with Crippen LogP contribution in [0, 0.1) is 5.41 Å². The molecule has 0 atom stereocenters. The highest BCUT2D eigenvalue weighted by Crippen LogP contribution is 2.29. The summed E-state index contributed by atoms with van der Waals surface area (Å²) in [5, 5.41) is 2.86. The molecule has 0 aromatic carbocycles. The average molecular weight is 198 g/mol. The summed E-state index contributed by atoms with van der Waals surface area (Å²) in [5.41, 5.74) is 0.404. The smallest absolute Gasteiger partial charge is 0.317 e. The number of rotatable bonds is 1. The molecule has 1 aliphatic heterocycles. The number of amides is 2. The van der Waals surface area contributed by atoms with Gasteiger partial charge in [0.15, 0.2) is 0 Å². The first-order valence-electron chi connectivity index (χ1n) is 5.58. The zero-order valence-corrected chi connectivity index (χ0v) is 9.60. The van der Waals surface area contributed by atoms with E-state index in [2.05, 4.69) is 19.2 Å². The minimum Gasteiger partial charge on any atom is -0.338 e. The molecule has 0 aromatic heterocycles. The van der Waals surface area contributed by atoms with Crippen LogP contribution in [0.15, 0.2) is 0 Å². The Labute approximate surface area is 86.9 Å². The molecule has 1 saturated heterocycles. The maximum Gasteiger partial charge on any atom is 0.317 e. The van der Waals surface area contributed by atoms with Gasteiger partial charge in [-0.1, -0.05) is 13.8 Å². The normalized spacial score (nSPS) is 21.5. The Morgan fingerprint density at radius 2 is 2.07 bits per heavy atom. The van der Waals surface area contributed by atoms with Crippen LogP contribution in [-0.4, -0.2) is 30.6 Å². The molecule has 1 N–H and O–H groups in total. The molecule has 82 valence electrons. The SMILES string of the molecule is CCNC(=O)N1CCCC(C)(C)CC1. The second kappa shape index (κ2) is 4.67. The summed E-state index contributed by atoms with van der Waals surface area (Å²) in [6.07, 6.45) is 3.47. The lowest BCUT2D eigenvalue weighted by Gasteiger charge is -2.23. The molecule has 3 nitrogen and oxygen atoms in total. The third-order valence-corrected chi connectivity index (χ3v) is 2.96. The van der Waals surface area contributed by atoms with E-state index >= 15 is 0 Å². The van der Waals surface area contributed by atoms with E-state index in [-0.39, 0.29) is 6.03 Å². The van der Waals surface area contributed by atoms with E-state index in [1.54, 1.807) is 0 Å². The van der Waals surface area contributed by atoms with E-state index in [1.807, 2.05) is 11.8 Å². The predicted molar refractivity (Wildman–Crippen MR) is 58.3 cm³/mol. The fourth-order valence-corrected chi connectivity index (χ4v) is 1.89. The van der Waals surface area contributed by atoms with Crippen molar-refractivity contribution < 1.29 is 4.79 Å². The number of urea groups is 1. The zero-order valence-electron chi connectivity index (χ0n) is 9.60.